The van der Waals surface area contributed by atoms with E-state index in [1.54, 1.807) is 0 Å². The van der Waals surface area contributed by atoms with Crippen molar-refractivity contribution >= 4 is 5.91 Å². The summed E-state index contributed by atoms with van der Waals surface area (Å²) in [5.41, 5.74) is 0.961. The van der Waals surface area contributed by atoms with Crippen LogP contribution in [0.3, 0.4) is 0 Å². The van der Waals surface area contributed by atoms with Crippen LogP contribution in [0.25, 0.3) is 0 Å². The molecule has 3 N–H and O–H groups in total. The van der Waals surface area contributed by atoms with Gasteiger partial charge in [-0.05, 0) is 37.2 Å². The molecule has 2 aliphatic carbocycles. The van der Waals surface area contributed by atoms with Gasteiger partial charge in [-0.15, -0.1) is 0 Å². The fourth-order valence-electron chi connectivity index (χ4n) is 4.36. The van der Waals surface area contributed by atoms with E-state index in [1.165, 1.54) is 31.2 Å². The molecule has 1 amide bonds. The van der Waals surface area contributed by atoms with Gasteiger partial charge in [-0.3, -0.25) is 4.79 Å². The Morgan fingerprint density at radius 1 is 1.12 bits per heavy atom. The zero-order chi connectivity index (χ0) is 16.8. The summed E-state index contributed by atoms with van der Waals surface area (Å²) in [7, 11) is 0. The van der Waals surface area contributed by atoms with Gasteiger partial charge in [0.05, 0.1) is 19.2 Å². The maximum atomic E-state index is 12.5. The Labute approximate surface area is 145 Å². The third-order valence-electron chi connectivity index (χ3n) is 5.83. The maximum Gasteiger partial charge on any atom is 0.234 e. The Bertz CT molecular complexity index is 520. The molecule has 0 radical (unpaired) electrons. The lowest BCUT2D eigenvalue weighted by molar-refractivity contribution is -0.121. The first kappa shape index (κ1) is 17.4. The first-order chi connectivity index (χ1) is 11.7. The van der Waals surface area contributed by atoms with E-state index in [0.717, 1.165) is 25.7 Å². The lowest BCUT2D eigenvalue weighted by Crippen LogP contribution is -2.50. The van der Waals surface area contributed by atoms with Gasteiger partial charge in [0.25, 0.3) is 0 Å². The number of nitrogens with one attached hydrogen (secondary N) is 2. The fraction of sp³-hybridized carbons (Fsp3) is 0.650. The molecule has 4 nitrogen and oxygen atoms in total. The highest BCUT2D eigenvalue weighted by molar-refractivity contribution is 5.78. The Hall–Kier alpha value is -1.39. The summed E-state index contributed by atoms with van der Waals surface area (Å²) in [5.74, 6) is 0.574. The SMILES string of the molecule is O=C(CNC1(CO)CCCC1)NC(c1ccccc1)C1CCCC1. The largest absolute Gasteiger partial charge is 0.394 e. The summed E-state index contributed by atoms with van der Waals surface area (Å²) < 4.78 is 0. The highest BCUT2D eigenvalue weighted by atomic mass is 16.3. The van der Waals surface area contributed by atoms with Crippen LogP contribution in [0.1, 0.15) is 63.0 Å². The minimum Gasteiger partial charge on any atom is -0.394 e. The molecule has 0 aromatic heterocycles. The molecular weight excluding hydrogens is 300 g/mol. The predicted octanol–water partition coefficient (Wildman–Crippen LogP) is 2.93. The number of rotatable bonds is 7. The molecular formula is C20H30N2O2. The molecule has 4 heteroatoms. The van der Waals surface area contributed by atoms with Crippen molar-refractivity contribution in [3.63, 3.8) is 0 Å². The van der Waals surface area contributed by atoms with Gasteiger partial charge in [0.2, 0.25) is 5.91 Å². The molecule has 0 bridgehead atoms. The van der Waals surface area contributed by atoms with Crippen molar-refractivity contribution in [2.75, 3.05) is 13.2 Å². The monoisotopic (exact) mass is 330 g/mol. The van der Waals surface area contributed by atoms with Crippen molar-refractivity contribution < 1.29 is 9.90 Å². The number of carbonyl (C=O) groups is 1. The summed E-state index contributed by atoms with van der Waals surface area (Å²) in [6.07, 6.45) is 9.07. The number of hydrogen-bond acceptors (Lipinski definition) is 3. The van der Waals surface area contributed by atoms with E-state index < -0.39 is 0 Å². The maximum absolute atomic E-state index is 12.5. The molecule has 132 valence electrons. The molecule has 2 saturated carbocycles. The van der Waals surface area contributed by atoms with Crippen molar-refractivity contribution in [3.05, 3.63) is 35.9 Å². The molecule has 1 atom stereocenters. The highest BCUT2D eigenvalue weighted by Gasteiger charge is 2.33. The van der Waals surface area contributed by atoms with E-state index >= 15 is 0 Å². The molecule has 1 aromatic carbocycles. The lowest BCUT2D eigenvalue weighted by atomic mass is 9.91. The van der Waals surface area contributed by atoms with Crippen molar-refractivity contribution in [3.8, 4) is 0 Å². The average molecular weight is 330 g/mol. The Morgan fingerprint density at radius 2 is 1.79 bits per heavy atom. The Kier molecular flexibility index (Phi) is 5.90. The van der Waals surface area contributed by atoms with Crippen LogP contribution in [0.2, 0.25) is 0 Å². The second-order valence-electron chi connectivity index (χ2n) is 7.50. The standard InChI is InChI=1S/C20H30N2O2/c23-15-20(12-6-7-13-20)21-14-18(24)22-19(17-10-4-5-11-17)16-8-2-1-3-9-16/h1-3,8-9,17,19,21,23H,4-7,10-15H2,(H,22,24). The van der Waals surface area contributed by atoms with E-state index in [9.17, 15) is 9.90 Å². The number of aliphatic hydroxyl groups is 1. The van der Waals surface area contributed by atoms with Crippen LogP contribution in [0, 0.1) is 5.92 Å². The van der Waals surface area contributed by atoms with Crippen LogP contribution in [-0.2, 0) is 4.79 Å². The van der Waals surface area contributed by atoms with Gasteiger partial charge < -0.3 is 15.7 Å². The minimum absolute atomic E-state index is 0.0375. The topological polar surface area (TPSA) is 61.4 Å². The average Bonchev–Trinajstić information content (AvgIpc) is 3.31. The van der Waals surface area contributed by atoms with Crippen LogP contribution >= 0.6 is 0 Å². The zero-order valence-corrected chi connectivity index (χ0v) is 14.5. The first-order valence-electron chi connectivity index (χ1n) is 9.43. The molecule has 0 saturated heterocycles. The third-order valence-corrected chi connectivity index (χ3v) is 5.83. The third kappa shape index (κ3) is 4.17. The second kappa shape index (κ2) is 8.13. The van der Waals surface area contributed by atoms with Gasteiger partial charge in [0.15, 0.2) is 0 Å². The van der Waals surface area contributed by atoms with E-state index in [1.807, 2.05) is 18.2 Å². The zero-order valence-electron chi connectivity index (χ0n) is 14.5. The minimum atomic E-state index is -0.243. The summed E-state index contributed by atoms with van der Waals surface area (Å²) in [6, 6.07) is 10.4. The summed E-state index contributed by atoms with van der Waals surface area (Å²) in [4.78, 5) is 12.5. The number of aliphatic hydroxyl groups excluding tert-OH is 1. The van der Waals surface area contributed by atoms with Crippen LogP contribution in [0.5, 0.6) is 0 Å². The van der Waals surface area contributed by atoms with Crippen molar-refractivity contribution in [2.45, 2.75) is 62.9 Å². The van der Waals surface area contributed by atoms with Gasteiger partial charge in [0.1, 0.15) is 0 Å². The van der Waals surface area contributed by atoms with Crippen LogP contribution in [0.15, 0.2) is 30.3 Å². The molecule has 1 unspecified atom stereocenters. The number of benzene rings is 1. The first-order valence-corrected chi connectivity index (χ1v) is 9.43. The molecule has 2 aliphatic rings. The number of hydrogen-bond donors (Lipinski definition) is 3. The van der Waals surface area contributed by atoms with Crippen molar-refractivity contribution in [1.29, 1.82) is 0 Å². The quantitative estimate of drug-likeness (QED) is 0.720. The van der Waals surface area contributed by atoms with Gasteiger partial charge in [0, 0.05) is 5.54 Å². The van der Waals surface area contributed by atoms with Crippen LogP contribution < -0.4 is 10.6 Å². The van der Waals surface area contributed by atoms with E-state index in [2.05, 4.69) is 22.8 Å². The van der Waals surface area contributed by atoms with Gasteiger partial charge >= 0.3 is 0 Å². The van der Waals surface area contributed by atoms with E-state index in [4.69, 9.17) is 0 Å². The van der Waals surface area contributed by atoms with Crippen molar-refractivity contribution in [1.82, 2.24) is 10.6 Å². The molecule has 24 heavy (non-hydrogen) atoms. The Balaban J connectivity index is 1.60. The highest BCUT2D eigenvalue weighted by Crippen LogP contribution is 2.35. The molecule has 3 rings (SSSR count). The lowest BCUT2D eigenvalue weighted by Gasteiger charge is -2.29. The van der Waals surface area contributed by atoms with Crippen LogP contribution in [-0.4, -0.2) is 29.7 Å². The Morgan fingerprint density at radius 3 is 2.42 bits per heavy atom. The summed E-state index contributed by atoms with van der Waals surface area (Å²) >= 11 is 0. The van der Waals surface area contributed by atoms with Gasteiger partial charge in [-0.1, -0.05) is 56.0 Å². The van der Waals surface area contributed by atoms with E-state index in [-0.39, 0.29) is 30.6 Å². The molecule has 2 fully saturated rings. The normalized spacial score (nSPS) is 21.7. The summed E-state index contributed by atoms with van der Waals surface area (Å²) in [5, 5.41) is 16.3. The smallest absolute Gasteiger partial charge is 0.234 e. The second-order valence-corrected chi connectivity index (χ2v) is 7.50. The number of carbonyl (C=O) groups excluding carboxylic acids is 1. The van der Waals surface area contributed by atoms with E-state index in [0.29, 0.717) is 5.92 Å². The van der Waals surface area contributed by atoms with Crippen molar-refractivity contribution in [2.24, 2.45) is 5.92 Å². The van der Waals surface area contributed by atoms with Crippen LogP contribution in [0.4, 0.5) is 0 Å². The fourth-order valence-corrected chi connectivity index (χ4v) is 4.36. The molecule has 0 heterocycles. The molecule has 0 spiro atoms. The summed E-state index contributed by atoms with van der Waals surface area (Å²) in [6.45, 7) is 0.404. The molecule has 1 aromatic rings. The number of amides is 1. The van der Waals surface area contributed by atoms with Gasteiger partial charge in [-0.25, -0.2) is 0 Å². The predicted molar refractivity (Wildman–Crippen MR) is 95.6 cm³/mol. The van der Waals surface area contributed by atoms with Gasteiger partial charge in [-0.2, -0.15) is 0 Å². The molecule has 0 aliphatic heterocycles.